The molecule has 1 nitrogen and oxygen atoms in total. The Bertz CT molecular complexity index is 358. The van der Waals surface area contributed by atoms with E-state index in [-0.39, 0.29) is 5.54 Å². The van der Waals surface area contributed by atoms with E-state index in [4.69, 9.17) is 5.73 Å². The van der Waals surface area contributed by atoms with Crippen LogP contribution in [0.15, 0.2) is 12.1 Å². The van der Waals surface area contributed by atoms with Crippen molar-refractivity contribution < 1.29 is 0 Å². The summed E-state index contributed by atoms with van der Waals surface area (Å²) in [6.45, 7) is 10.8. The van der Waals surface area contributed by atoms with Gasteiger partial charge in [0.15, 0.2) is 0 Å². The van der Waals surface area contributed by atoms with Gasteiger partial charge in [-0.2, -0.15) is 0 Å². The van der Waals surface area contributed by atoms with Crippen LogP contribution < -0.4 is 5.73 Å². The fourth-order valence-electron chi connectivity index (χ4n) is 2.02. The zero-order chi connectivity index (χ0) is 12.3. The summed E-state index contributed by atoms with van der Waals surface area (Å²) in [5.41, 5.74) is 11.6. The third-order valence-corrected chi connectivity index (χ3v) is 3.22. The summed E-state index contributed by atoms with van der Waals surface area (Å²) in [7, 11) is 0. The van der Waals surface area contributed by atoms with E-state index >= 15 is 0 Å². The van der Waals surface area contributed by atoms with Crippen molar-refractivity contribution in [2.75, 3.05) is 0 Å². The molecule has 1 heteroatoms. The van der Waals surface area contributed by atoms with E-state index in [1.807, 2.05) is 0 Å². The lowest BCUT2D eigenvalue weighted by Crippen LogP contribution is -2.31. The van der Waals surface area contributed by atoms with Crippen LogP contribution >= 0.6 is 0 Å². The zero-order valence-corrected chi connectivity index (χ0v) is 11.4. The van der Waals surface area contributed by atoms with Gasteiger partial charge in [0.05, 0.1) is 0 Å². The highest BCUT2D eigenvalue weighted by atomic mass is 14.7. The van der Waals surface area contributed by atoms with Crippen LogP contribution in [0.4, 0.5) is 0 Å². The second-order valence-corrected chi connectivity index (χ2v) is 5.71. The lowest BCUT2D eigenvalue weighted by molar-refractivity contribution is 0.459. The van der Waals surface area contributed by atoms with Crippen LogP contribution in [0.5, 0.6) is 0 Å². The second-order valence-electron chi connectivity index (χ2n) is 5.71. The van der Waals surface area contributed by atoms with Gasteiger partial charge in [0.1, 0.15) is 0 Å². The third kappa shape index (κ3) is 3.97. The predicted molar refractivity (Wildman–Crippen MR) is 71.9 cm³/mol. The molecule has 2 N–H and O–H groups in total. The van der Waals surface area contributed by atoms with E-state index in [0.29, 0.717) is 0 Å². The first-order valence-corrected chi connectivity index (χ1v) is 6.15. The van der Waals surface area contributed by atoms with Gasteiger partial charge in [-0.05, 0) is 76.1 Å². The number of benzene rings is 1. The van der Waals surface area contributed by atoms with E-state index in [9.17, 15) is 0 Å². The van der Waals surface area contributed by atoms with E-state index in [0.717, 1.165) is 12.8 Å². The number of aryl methyl sites for hydroxylation is 4. The fourth-order valence-corrected chi connectivity index (χ4v) is 2.02. The highest BCUT2D eigenvalue weighted by Gasteiger charge is 2.10. The van der Waals surface area contributed by atoms with E-state index in [1.54, 1.807) is 0 Å². The normalized spacial score (nSPS) is 11.9. The smallest absolute Gasteiger partial charge is 0.00971 e. The topological polar surface area (TPSA) is 26.0 Å². The minimum atomic E-state index is -0.0341. The SMILES string of the molecule is Cc1cc(C)c(CCCC(C)(C)N)cc1C. The maximum Gasteiger partial charge on any atom is 0.00971 e. The van der Waals surface area contributed by atoms with Crippen molar-refractivity contribution in [1.82, 2.24) is 0 Å². The van der Waals surface area contributed by atoms with Gasteiger partial charge in [-0.25, -0.2) is 0 Å². The molecule has 0 saturated heterocycles. The molecule has 0 aliphatic heterocycles. The van der Waals surface area contributed by atoms with Crippen LogP contribution in [-0.2, 0) is 6.42 Å². The Morgan fingerprint density at radius 1 is 1.00 bits per heavy atom. The lowest BCUT2D eigenvalue weighted by Gasteiger charge is -2.18. The average Bonchev–Trinajstić information content (AvgIpc) is 2.11. The van der Waals surface area contributed by atoms with Crippen LogP contribution in [0, 0.1) is 20.8 Å². The molecule has 1 aromatic rings. The van der Waals surface area contributed by atoms with Crippen molar-refractivity contribution in [1.29, 1.82) is 0 Å². The van der Waals surface area contributed by atoms with E-state index in [1.165, 1.54) is 28.7 Å². The van der Waals surface area contributed by atoms with Gasteiger partial charge in [0, 0.05) is 5.54 Å². The van der Waals surface area contributed by atoms with Gasteiger partial charge in [0.25, 0.3) is 0 Å². The van der Waals surface area contributed by atoms with Crippen LogP contribution in [0.1, 0.15) is 48.9 Å². The van der Waals surface area contributed by atoms with Crippen LogP contribution in [0.2, 0.25) is 0 Å². The van der Waals surface area contributed by atoms with Crippen molar-refractivity contribution in [3.05, 3.63) is 34.4 Å². The molecule has 0 aromatic heterocycles. The van der Waals surface area contributed by atoms with Gasteiger partial charge >= 0.3 is 0 Å². The van der Waals surface area contributed by atoms with Gasteiger partial charge in [-0.15, -0.1) is 0 Å². The monoisotopic (exact) mass is 219 g/mol. The van der Waals surface area contributed by atoms with Crippen LogP contribution in [0.25, 0.3) is 0 Å². The largest absolute Gasteiger partial charge is 0.326 e. The molecule has 0 radical (unpaired) electrons. The molecule has 0 bridgehead atoms. The Hall–Kier alpha value is -0.820. The van der Waals surface area contributed by atoms with Crippen LogP contribution in [0.3, 0.4) is 0 Å². The minimum Gasteiger partial charge on any atom is -0.326 e. The minimum absolute atomic E-state index is 0.0341. The fraction of sp³-hybridized carbons (Fsp3) is 0.600. The van der Waals surface area contributed by atoms with Gasteiger partial charge < -0.3 is 5.73 Å². The first-order valence-electron chi connectivity index (χ1n) is 6.15. The van der Waals surface area contributed by atoms with E-state index < -0.39 is 0 Å². The molecule has 90 valence electrons. The maximum absolute atomic E-state index is 5.99. The van der Waals surface area contributed by atoms with E-state index in [2.05, 4.69) is 46.8 Å². The Morgan fingerprint density at radius 3 is 2.12 bits per heavy atom. The van der Waals surface area contributed by atoms with Crippen molar-refractivity contribution >= 4 is 0 Å². The molecule has 1 rings (SSSR count). The quantitative estimate of drug-likeness (QED) is 0.821. The zero-order valence-electron chi connectivity index (χ0n) is 11.4. The standard InChI is InChI=1S/C15H25N/c1-11-9-13(3)14(10-12(11)2)7-6-8-15(4,5)16/h9-10H,6-8,16H2,1-5H3. The second kappa shape index (κ2) is 5.01. The molecule has 0 aliphatic carbocycles. The molecule has 0 atom stereocenters. The highest BCUT2D eigenvalue weighted by Crippen LogP contribution is 2.18. The summed E-state index contributed by atoms with van der Waals surface area (Å²) >= 11 is 0. The molecular formula is C15H25N. The number of hydrogen-bond acceptors (Lipinski definition) is 1. The molecule has 0 aliphatic rings. The van der Waals surface area contributed by atoms with Crippen LogP contribution in [-0.4, -0.2) is 5.54 Å². The molecule has 16 heavy (non-hydrogen) atoms. The molecule has 0 saturated carbocycles. The summed E-state index contributed by atoms with van der Waals surface area (Å²) in [6, 6.07) is 4.62. The Morgan fingerprint density at radius 2 is 1.56 bits per heavy atom. The summed E-state index contributed by atoms with van der Waals surface area (Å²) < 4.78 is 0. The molecule has 1 aromatic carbocycles. The van der Waals surface area contributed by atoms with Gasteiger partial charge in [0.2, 0.25) is 0 Å². The number of hydrogen-bond donors (Lipinski definition) is 1. The third-order valence-electron chi connectivity index (χ3n) is 3.22. The Balaban J connectivity index is 2.64. The molecule has 0 unspecified atom stereocenters. The number of nitrogens with two attached hydrogens (primary N) is 1. The van der Waals surface area contributed by atoms with Crippen molar-refractivity contribution in [3.8, 4) is 0 Å². The van der Waals surface area contributed by atoms with Gasteiger partial charge in [-0.3, -0.25) is 0 Å². The molecule has 0 spiro atoms. The van der Waals surface area contributed by atoms with Gasteiger partial charge in [-0.1, -0.05) is 12.1 Å². The van der Waals surface area contributed by atoms with Crippen molar-refractivity contribution in [2.45, 2.75) is 59.4 Å². The van der Waals surface area contributed by atoms with Crippen molar-refractivity contribution in [2.24, 2.45) is 5.73 Å². The molecule has 0 heterocycles. The number of rotatable bonds is 4. The van der Waals surface area contributed by atoms with Crippen molar-refractivity contribution in [3.63, 3.8) is 0 Å². The highest BCUT2D eigenvalue weighted by molar-refractivity contribution is 5.36. The lowest BCUT2D eigenvalue weighted by atomic mass is 9.93. The Kier molecular flexibility index (Phi) is 4.15. The predicted octanol–water partition coefficient (Wildman–Crippen LogP) is 3.67. The summed E-state index contributed by atoms with van der Waals surface area (Å²) in [4.78, 5) is 0. The maximum atomic E-state index is 5.99. The molecule has 0 fully saturated rings. The first kappa shape index (κ1) is 13.2. The summed E-state index contributed by atoms with van der Waals surface area (Å²) in [5.74, 6) is 0. The molecular weight excluding hydrogens is 194 g/mol. The average molecular weight is 219 g/mol. The summed E-state index contributed by atoms with van der Waals surface area (Å²) in [6.07, 6.45) is 3.40. The first-order chi connectivity index (χ1) is 7.29. The molecule has 0 amide bonds. The summed E-state index contributed by atoms with van der Waals surface area (Å²) in [5, 5.41) is 0. The Labute approximate surface area is 100 Å².